The van der Waals surface area contributed by atoms with Crippen LogP contribution in [0.25, 0.3) is 0 Å². The van der Waals surface area contributed by atoms with Gasteiger partial charge in [0.25, 0.3) is 0 Å². The van der Waals surface area contributed by atoms with E-state index >= 15 is 0 Å². The first kappa shape index (κ1) is 13.5. The van der Waals surface area contributed by atoms with Gasteiger partial charge in [0.1, 0.15) is 5.82 Å². The lowest BCUT2D eigenvalue weighted by Crippen LogP contribution is -2.45. The maximum Gasteiger partial charge on any atom is 0.137 e. The molecule has 1 aromatic rings. The fraction of sp³-hybridized carbons (Fsp3) is 0.462. The van der Waals surface area contributed by atoms with Crippen molar-refractivity contribution in [3.05, 3.63) is 34.1 Å². The van der Waals surface area contributed by atoms with Gasteiger partial charge in [-0.05, 0) is 27.6 Å². The van der Waals surface area contributed by atoms with Gasteiger partial charge >= 0.3 is 0 Å². The summed E-state index contributed by atoms with van der Waals surface area (Å²) in [4.78, 5) is 2.24. The number of hydrogen-bond donors (Lipinski definition) is 1. The van der Waals surface area contributed by atoms with Gasteiger partial charge in [0.05, 0.1) is 17.0 Å². The van der Waals surface area contributed by atoms with Gasteiger partial charge in [0.15, 0.2) is 0 Å². The van der Waals surface area contributed by atoms with Crippen LogP contribution in [0.1, 0.15) is 18.0 Å². The number of hydrogen-bond acceptors (Lipinski definition) is 3. The van der Waals surface area contributed by atoms with E-state index in [2.05, 4.69) is 32.2 Å². The largest absolute Gasteiger partial charge is 0.314 e. The lowest BCUT2D eigenvalue weighted by atomic mass is 10.0. The van der Waals surface area contributed by atoms with Crippen LogP contribution in [0.4, 0.5) is 4.39 Å². The van der Waals surface area contributed by atoms with Crippen molar-refractivity contribution in [1.82, 2.24) is 10.2 Å². The van der Waals surface area contributed by atoms with Crippen molar-refractivity contribution in [1.29, 1.82) is 5.26 Å². The van der Waals surface area contributed by atoms with Crippen LogP contribution >= 0.6 is 15.9 Å². The molecule has 1 atom stereocenters. The Bertz CT molecular complexity index is 452. The van der Waals surface area contributed by atoms with Crippen LogP contribution in [-0.2, 0) is 0 Å². The molecule has 3 nitrogen and oxygen atoms in total. The molecular formula is C13H15BrFN3. The van der Waals surface area contributed by atoms with Crippen LogP contribution in [0, 0.1) is 17.1 Å². The zero-order chi connectivity index (χ0) is 13.0. The second-order valence-corrected chi connectivity index (χ2v) is 5.10. The molecule has 1 fully saturated rings. The van der Waals surface area contributed by atoms with Crippen molar-refractivity contribution >= 4 is 15.9 Å². The van der Waals surface area contributed by atoms with E-state index in [-0.39, 0.29) is 11.9 Å². The van der Waals surface area contributed by atoms with E-state index in [0.29, 0.717) is 10.9 Å². The van der Waals surface area contributed by atoms with Gasteiger partial charge < -0.3 is 5.32 Å². The molecule has 0 aromatic heterocycles. The average Bonchev–Trinajstić information content (AvgIpc) is 2.41. The molecule has 0 amide bonds. The zero-order valence-electron chi connectivity index (χ0n) is 10.00. The number of rotatable bonds is 3. The van der Waals surface area contributed by atoms with Crippen molar-refractivity contribution in [3.8, 4) is 6.07 Å². The molecule has 0 radical (unpaired) electrons. The van der Waals surface area contributed by atoms with Gasteiger partial charge in [-0.3, -0.25) is 4.90 Å². The maximum absolute atomic E-state index is 13.6. The lowest BCUT2D eigenvalue weighted by molar-refractivity contribution is 0.175. The average molecular weight is 312 g/mol. The second kappa shape index (κ2) is 6.28. The highest BCUT2D eigenvalue weighted by atomic mass is 79.9. The minimum Gasteiger partial charge on any atom is -0.314 e. The standard InChI is InChI=1S/C13H15BrFN3/c14-13-10(2-1-3-11(13)15)12(4-5-16)18-8-6-17-7-9-18/h1-3,12,17H,4,6-9H2/t12-/m0/s1. The van der Waals surface area contributed by atoms with E-state index < -0.39 is 0 Å². The number of halogens is 2. The third kappa shape index (κ3) is 2.89. The lowest BCUT2D eigenvalue weighted by Gasteiger charge is -2.34. The monoisotopic (exact) mass is 311 g/mol. The van der Waals surface area contributed by atoms with Gasteiger partial charge in [-0.15, -0.1) is 0 Å². The number of nitriles is 1. The minimum atomic E-state index is -0.273. The van der Waals surface area contributed by atoms with Crippen molar-refractivity contribution in [2.75, 3.05) is 26.2 Å². The molecule has 0 unspecified atom stereocenters. The van der Waals surface area contributed by atoms with Gasteiger partial charge in [-0.1, -0.05) is 12.1 Å². The molecule has 96 valence electrons. The molecule has 18 heavy (non-hydrogen) atoms. The molecular weight excluding hydrogens is 297 g/mol. The molecule has 0 aliphatic carbocycles. The Kier molecular flexibility index (Phi) is 4.70. The van der Waals surface area contributed by atoms with Crippen molar-refractivity contribution in [2.24, 2.45) is 0 Å². The van der Waals surface area contributed by atoms with E-state index in [1.54, 1.807) is 6.07 Å². The predicted octanol–water partition coefficient (Wildman–Crippen LogP) is 2.45. The van der Waals surface area contributed by atoms with Gasteiger partial charge in [0.2, 0.25) is 0 Å². The Balaban J connectivity index is 2.28. The van der Waals surface area contributed by atoms with Crippen LogP contribution in [-0.4, -0.2) is 31.1 Å². The Hall–Kier alpha value is -0.960. The quantitative estimate of drug-likeness (QED) is 0.932. The van der Waals surface area contributed by atoms with Crippen LogP contribution in [0.15, 0.2) is 22.7 Å². The fourth-order valence-corrected chi connectivity index (χ4v) is 2.82. The highest BCUT2D eigenvalue weighted by Gasteiger charge is 2.24. The van der Waals surface area contributed by atoms with E-state index in [9.17, 15) is 4.39 Å². The molecule has 1 aliphatic rings. The molecule has 1 N–H and O–H groups in total. The summed E-state index contributed by atoms with van der Waals surface area (Å²) in [6.07, 6.45) is 0.377. The normalized spacial score (nSPS) is 18.3. The summed E-state index contributed by atoms with van der Waals surface area (Å²) in [7, 11) is 0. The van der Waals surface area contributed by atoms with Gasteiger partial charge in [0, 0.05) is 32.2 Å². The molecule has 0 spiro atoms. The first-order valence-corrected chi connectivity index (χ1v) is 6.79. The highest BCUT2D eigenvalue weighted by Crippen LogP contribution is 2.32. The summed E-state index contributed by atoms with van der Waals surface area (Å²) in [5.41, 5.74) is 0.860. The molecule has 2 rings (SSSR count). The molecule has 1 aromatic carbocycles. The Morgan fingerprint density at radius 1 is 1.44 bits per heavy atom. The molecule has 1 heterocycles. The van der Waals surface area contributed by atoms with E-state index in [1.165, 1.54) is 6.07 Å². The molecule has 1 aliphatic heterocycles. The molecule has 0 bridgehead atoms. The topological polar surface area (TPSA) is 39.1 Å². The third-order valence-corrected chi connectivity index (χ3v) is 4.05. The Labute approximate surface area is 115 Å². The summed E-state index contributed by atoms with van der Waals surface area (Å²) < 4.78 is 14.1. The zero-order valence-corrected chi connectivity index (χ0v) is 11.6. The maximum atomic E-state index is 13.6. The van der Waals surface area contributed by atoms with E-state index in [0.717, 1.165) is 31.7 Å². The summed E-state index contributed by atoms with van der Waals surface area (Å²) in [5.74, 6) is -0.273. The number of benzene rings is 1. The Morgan fingerprint density at radius 3 is 2.83 bits per heavy atom. The Morgan fingerprint density at radius 2 is 2.17 bits per heavy atom. The van der Waals surface area contributed by atoms with E-state index in [1.807, 2.05) is 6.07 Å². The predicted molar refractivity (Wildman–Crippen MR) is 71.5 cm³/mol. The first-order chi connectivity index (χ1) is 8.74. The summed E-state index contributed by atoms with van der Waals surface area (Å²) in [6.45, 7) is 3.59. The van der Waals surface area contributed by atoms with Crippen molar-refractivity contribution in [2.45, 2.75) is 12.5 Å². The summed E-state index contributed by atoms with van der Waals surface area (Å²) in [5, 5.41) is 12.3. The SMILES string of the molecule is N#CC[C@@H](c1cccc(F)c1Br)N1CCNCC1. The van der Waals surface area contributed by atoms with E-state index in [4.69, 9.17) is 5.26 Å². The molecule has 1 saturated heterocycles. The van der Waals surface area contributed by atoms with Gasteiger partial charge in [-0.2, -0.15) is 5.26 Å². The molecule has 0 saturated carbocycles. The number of nitrogens with zero attached hydrogens (tertiary/aromatic N) is 2. The molecule has 5 heteroatoms. The van der Waals surface area contributed by atoms with Crippen LogP contribution in [0.2, 0.25) is 0 Å². The third-order valence-electron chi connectivity index (χ3n) is 3.22. The highest BCUT2D eigenvalue weighted by molar-refractivity contribution is 9.10. The second-order valence-electron chi connectivity index (χ2n) is 4.31. The van der Waals surface area contributed by atoms with Gasteiger partial charge in [-0.25, -0.2) is 4.39 Å². The van der Waals surface area contributed by atoms with Crippen LogP contribution in [0.3, 0.4) is 0 Å². The number of piperazine rings is 1. The van der Waals surface area contributed by atoms with Crippen LogP contribution in [0.5, 0.6) is 0 Å². The van der Waals surface area contributed by atoms with Crippen molar-refractivity contribution < 1.29 is 4.39 Å². The van der Waals surface area contributed by atoms with Crippen molar-refractivity contribution in [3.63, 3.8) is 0 Å². The first-order valence-electron chi connectivity index (χ1n) is 5.99. The minimum absolute atomic E-state index is 0.0397. The number of nitrogens with one attached hydrogen (secondary N) is 1. The fourth-order valence-electron chi connectivity index (χ4n) is 2.29. The summed E-state index contributed by atoms with van der Waals surface area (Å²) >= 11 is 3.29. The summed E-state index contributed by atoms with van der Waals surface area (Å²) in [6, 6.07) is 7.17. The smallest absolute Gasteiger partial charge is 0.137 e. The van der Waals surface area contributed by atoms with Crippen LogP contribution < -0.4 is 5.32 Å².